The van der Waals surface area contributed by atoms with Crippen LogP contribution in [0.5, 0.6) is 28.7 Å². The molecule has 1 aliphatic carbocycles. The molecule has 242 valence electrons. The molecule has 3 rings (SSSR count). The van der Waals surface area contributed by atoms with Gasteiger partial charge < -0.3 is 42.6 Å². The van der Waals surface area contributed by atoms with Gasteiger partial charge in [-0.05, 0) is 64.0 Å². The number of halogens is 1. The van der Waals surface area contributed by atoms with Gasteiger partial charge in [-0.2, -0.15) is 0 Å². The second-order valence-corrected chi connectivity index (χ2v) is 11.2. The first kappa shape index (κ1) is 35.0. The Balaban J connectivity index is 1.74. The van der Waals surface area contributed by atoms with Gasteiger partial charge in [0.1, 0.15) is 29.3 Å². The highest BCUT2D eigenvalue weighted by molar-refractivity contribution is 6.33. The van der Waals surface area contributed by atoms with Crippen molar-refractivity contribution in [3.8, 4) is 28.7 Å². The zero-order valence-corrected chi connectivity index (χ0v) is 27.0. The van der Waals surface area contributed by atoms with Crippen LogP contribution in [0.3, 0.4) is 0 Å². The quantitative estimate of drug-likeness (QED) is 0.0696. The van der Waals surface area contributed by atoms with Crippen molar-refractivity contribution in [2.75, 3.05) is 55.2 Å². The van der Waals surface area contributed by atoms with Crippen LogP contribution in [-0.2, 0) is 23.7 Å². The average molecular weight is 637 g/mol. The molecule has 0 saturated heterocycles. The van der Waals surface area contributed by atoms with E-state index in [0.29, 0.717) is 42.3 Å². The lowest BCUT2D eigenvalue weighted by molar-refractivity contribution is -0.169. The molecule has 0 unspecified atom stereocenters. The summed E-state index contributed by atoms with van der Waals surface area (Å²) in [5.41, 5.74) is 0.135. The van der Waals surface area contributed by atoms with Gasteiger partial charge in [-0.1, -0.05) is 11.6 Å². The summed E-state index contributed by atoms with van der Waals surface area (Å²) in [6.45, 7) is 5.85. The average Bonchev–Trinajstić information content (AvgIpc) is 2.96. The summed E-state index contributed by atoms with van der Waals surface area (Å²) in [5.74, 6) is 0.878. The smallest absolute Gasteiger partial charge is 0.309 e. The Kier molecular flexibility index (Phi) is 13.1. The summed E-state index contributed by atoms with van der Waals surface area (Å²) < 4.78 is 49.5. The molecule has 12 heteroatoms. The number of benzene rings is 2. The van der Waals surface area contributed by atoms with Gasteiger partial charge in [0, 0.05) is 25.8 Å². The number of ether oxygens (including phenoxy) is 9. The highest BCUT2D eigenvalue weighted by atomic mass is 35.5. The van der Waals surface area contributed by atoms with Crippen molar-refractivity contribution in [3.63, 3.8) is 0 Å². The lowest BCUT2D eigenvalue weighted by atomic mass is 9.82. The maximum atomic E-state index is 13.5. The van der Waals surface area contributed by atoms with Crippen molar-refractivity contribution >= 4 is 29.4 Å². The predicted molar refractivity (Wildman–Crippen MR) is 163 cm³/mol. The molecule has 0 aliphatic heterocycles. The topological polar surface area (TPSA) is 117 Å². The Morgan fingerprint density at radius 3 is 2.16 bits per heavy atom. The number of carbonyl (C=O) groups is 2. The monoisotopic (exact) mass is 636 g/mol. The van der Waals surface area contributed by atoms with Crippen molar-refractivity contribution in [3.05, 3.63) is 46.5 Å². The molecule has 0 N–H and O–H groups in total. The molecule has 1 fully saturated rings. The third-order valence-corrected chi connectivity index (χ3v) is 6.73. The van der Waals surface area contributed by atoms with Crippen molar-refractivity contribution in [2.24, 2.45) is 5.92 Å². The van der Waals surface area contributed by atoms with Crippen LogP contribution in [0, 0.1) is 5.92 Å². The molecule has 44 heavy (non-hydrogen) atoms. The summed E-state index contributed by atoms with van der Waals surface area (Å²) >= 11 is 6.36. The molecular formula is C32H41ClO11. The van der Waals surface area contributed by atoms with E-state index in [1.807, 2.05) is 20.8 Å². The van der Waals surface area contributed by atoms with E-state index in [1.54, 1.807) is 30.3 Å². The van der Waals surface area contributed by atoms with Gasteiger partial charge in [0.2, 0.25) is 0 Å². The lowest BCUT2D eigenvalue weighted by Crippen LogP contribution is -2.40. The van der Waals surface area contributed by atoms with Gasteiger partial charge in [-0.15, -0.1) is 0 Å². The molecule has 11 nitrogen and oxygen atoms in total. The molecule has 0 heterocycles. The third-order valence-electron chi connectivity index (χ3n) is 6.43. The van der Waals surface area contributed by atoms with E-state index < -0.39 is 11.4 Å². The van der Waals surface area contributed by atoms with E-state index in [4.69, 9.17) is 54.2 Å². The Labute approximate surface area is 263 Å². The number of rotatable bonds is 17. The molecule has 1 aliphatic rings. The number of carbonyl (C=O) groups excluding carboxylic acids is 2. The van der Waals surface area contributed by atoms with Gasteiger partial charge >= 0.3 is 5.97 Å². The molecule has 2 aromatic rings. The summed E-state index contributed by atoms with van der Waals surface area (Å²) in [6.07, 6.45) is 4.11. The second kappa shape index (κ2) is 16.5. The van der Waals surface area contributed by atoms with Crippen LogP contribution in [0.15, 0.2) is 30.3 Å². The highest BCUT2D eigenvalue weighted by Gasteiger charge is 2.37. The summed E-state index contributed by atoms with van der Waals surface area (Å²) in [5, 5.41) is 0.211. The normalized spacial score (nSPS) is 16.3. The minimum atomic E-state index is -0.513. The minimum Gasteiger partial charge on any atom is -0.493 e. The molecule has 0 atom stereocenters. The Morgan fingerprint density at radius 1 is 0.864 bits per heavy atom. The number of hydrogen-bond acceptors (Lipinski definition) is 11. The van der Waals surface area contributed by atoms with Crippen molar-refractivity contribution in [1.82, 2.24) is 0 Å². The van der Waals surface area contributed by atoms with E-state index >= 15 is 0 Å². The Hall–Kier alpha value is -3.51. The Morgan fingerprint density at radius 2 is 1.52 bits per heavy atom. The van der Waals surface area contributed by atoms with Crippen LogP contribution in [0.2, 0.25) is 5.02 Å². The molecular weight excluding hydrogens is 596 g/mol. The number of allylic oxidation sites excluding steroid dienone is 1. The maximum Gasteiger partial charge on any atom is 0.309 e. The largest absolute Gasteiger partial charge is 0.493 e. The van der Waals surface area contributed by atoms with Crippen LogP contribution < -0.4 is 23.7 Å². The van der Waals surface area contributed by atoms with E-state index in [-0.39, 0.29) is 60.3 Å². The fourth-order valence-corrected chi connectivity index (χ4v) is 4.51. The highest BCUT2D eigenvalue weighted by Crippen LogP contribution is 2.38. The first-order valence-electron chi connectivity index (χ1n) is 14.0. The van der Waals surface area contributed by atoms with E-state index in [9.17, 15) is 9.59 Å². The second-order valence-electron chi connectivity index (χ2n) is 10.8. The van der Waals surface area contributed by atoms with Crippen molar-refractivity contribution in [1.29, 1.82) is 0 Å². The summed E-state index contributed by atoms with van der Waals surface area (Å²) in [4.78, 5) is 25.7. The van der Waals surface area contributed by atoms with Gasteiger partial charge in [0.25, 0.3) is 0 Å². The molecule has 1 saturated carbocycles. The molecule has 0 radical (unpaired) electrons. The van der Waals surface area contributed by atoms with Crippen LogP contribution in [0.4, 0.5) is 0 Å². The fourth-order valence-electron chi connectivity index (χ4n) is 4.30. The van der Waals surface area contributed by atoms with Crippen molar-refractivity contribution < 1.29 is 52.2 Å². The van der Waals surface area contributed by atoms with Gasteiger partial charge in [-0.3, -0.25) is 9.59 Å². The van der Waals surface area contributed by atoms with Gasteiger partial charge in [-0.25, -0.2) is 0 Å². The molecule has 0 aromatic heterocycles. The first-order chi connectivity index (χ1) is 21.0. The zero-order valence-electron chi connectivity index (χ0n) is 26.2. The Bertz CT molecular complexity index is 1300. The van der Waals surface area contributed by atoms with E-state index in [1.165, 1.54) is 34.5 Å². The van der Waals surface area contributed by atoms with Crippen LogP contribution in [0.25, 0.3) is 6.08 Å². The van der Waals surface area contributed by atoms with Crippen molar-refractivity contribution in [2.45, 2.75) is 45.3 Å². The van der Waals surface area contributed by atoms with E-state index in [2.05, 4.69) is 0 Å². The minimum absolute atomic E-state index is 0.0414. The van der Waals surface area contributed by atoms with Gasteiger partial charge in [0.15, 0.2) is 36.6 Å². The predicted octanol–water partition coefficient (Wildman–Crippen LogP) is 5.73. The maximum absolute atomic E-state index is 13.5. The molecule has 0 bridgehead atoms. The number of esters is 1. The lowest BCUT2D eigenvalue weighted by Gasteiger charge is -2.35. The number of ketones is 1. The SMILES string of the molecule is COCOc1ccc(Cl)c(OCOC)c1C(=O)/C=C/c1cc(OC)c(OC)cc1OCCOC1CC(C(=O)OC(C)(C)C)C1. The van der Waals surface area contributed by atoms with E-state index in [0.717, 1.165) is 0 Å². The fraction of sp³-hybridized carbons (Fsp3) is 0.500. The van der Waals surface area contributed by atoms with Crippen LogP contribution >= 0.6 is 11.6 Å². The van der Waals surface area contributed by atoms with Crippen LogP contribution in [0.1, 0.15) is 49.5 Å². The molecule has 0 amide bonds. The summed E-state index contributed by atoms with van der Waals surface area (Å²) in [7, 11) is 5.95. The standard InChI is InChI=1S/C32H41ClO11/c1-32(2,3)44-31(35)21-14-22(15-21)40-12-13-41-26-17-28(39-7)27(38-6)16-20(26)8-10-24(34)29-25(42-18-36-4)11-9-23(33)30(29)43-19-37-5/h8-11,16-17,21-22H,12-15,18-19H2,1-7H3/b10-8+. The molecule has 2 aromatic carbocycles. The molecule has 0 spiro atoms. The zero-order chi connectivity index (χ0) is 32.3. The van der Waals surface area contributed by atoms with Gasteiger partial charge in [0.05, 0.1) is 37.9 Å². The van der Waals surface area contributed by atoms with Crippen LogP contribution in [-0.4, -0.2) is 78.7 Å². The summed E-state index contributed by atoms with van der Waals surface area (Å²) in [6, 6.07) is 6.48. The number of methoxy groups -OCH3 is 4. The first-order valence-corrected chi connectivity index (χ1v) is 14.4. The third kappa shape index (κ3) is 9.75. The number of hydrogen-bond donors (Lipinski definition) is 0.